The van der Waals surface area contributed by atoms with Gasteiger partial charge in [0.25, 0.3) is 0 Å². The van der Waals surface area contributed by atoms with E-state index in [-0.39, 0.29) is 6.10 Å². The molecular formula is C13H19NO3. The topological polar surface area (TPSA) is 50.7 Å². The first kappa shape index (κ1) is 12.2. The summed E-state index contributed by atoms with van der Waals surface area (Å²) in [6, 6.07) is 5.62. The molecule has 2 unspecified atom stereocenters. The summed E-state index contributed by atoms with van der Waals surface area (Å²) in [7, 11) is 1.62. The van der Waals surface area contributed by atoms with Crippen LogP contribution in [0.25, 0.3) is 0 Å². The van der Waals surface area contributed by atoms with Crippen LogP contribution in [0.15, 0.2) is 18.2 Å². The molecular weight excluding hydrogens is 218 g/mol. The molecule has 94 valence electrons. The molecule has 0 aromatic heterocycles. The highest BCUT2D eigenvalue weighted by Gasteiger charge is 2.23. The molecule has 1 fully saturated rings. The molecule has 0 aliphatic carbocycles. The summed E-state index contributed by atoms with van der Waals surface area (Å²) < 4.78 is 10.6. The lowest BCUT2D eigenvalue weighted by Crippen LogP contribution is -2.34. The summed E-state index contributed by atoms with van der Waals surface area (Å²) in [6.07, 6.45) is 1.26. The van der Waals surface area contributed by atoms with Crippen LogP contribution in [0.2, 0.25) is 0 Å². The Bertz CT molecular complexity index is 381. The Morgan fingerprint density at radius 1 is 1.53 bits per heavy atom. The summed E-state index contributed by atoms with van der Waals surface area (Å²) in [5.41, 5.74) is 0.850. The Labute approximate surface area is 102 Å². The van der Waals surface area contributed by atoms with E-state index < -0.39 is 0 Å². The zero-order chi connectivity index (χ0) is 12.3. The van der Waals surface area contributed by atoms with Crippen LogP contribution >= 0.6 is 0 Å². The minimum atomic E-state index is 0.239. The van der Waals surface area contributed by atoms with E-state index in [1.165, 1.54) is 0 Å². The molecule has 4 nitrogen and oxygen atoms in total. The van der Waals surface area contributed by atoms with Crippen LogP contribution in [0.4, 0.5) is 0 Å². The first-order chi connectivity index (χ1) is 8.20. The van der Waals surface area contributed by atoms with Crippen molar-refractivity contribution in [1.29, 1.82) is 0 Å². The maximum absolute atomic E-state index is 9.74. The van der Waals surface area contributed by atoms with Crippen molar-refractivity contribution in [3.63, 3.8) is 0 Å². The van der Waals surface area contributed by atoms with E-state index in [9.17, 15) is 5.11 Å². The van der Waals surface area contributed by atoms with Crippen LogP contribution in [0.3, 0.4) is 0 Å². The molecule has 17 heavy (non-hydrogen) atoms. The Balaban J connectivity index is 1.98. The first-order valence-corrected chi connectivity index (χ1v) is 5.91. The van der Waals surface area contributed by atoms with Crippen LogP contribution in [0.1, 0.15) is 18.9 Å². The van der Waals surface area contributed by atoms with Gasteiger partial charge in [-0.05, 0) is 31.5 Å². The molecule has 4 heteroatoms. The normalized spacial score (nSPS) is 23.9. The molecule has 1 saturated heterocycles. The Morgan fingerprint density at radius 3 is 3.00 bits per heavy atom. The van der Waals surface area contributed by atoms with Crippen molar-refractivity contribution in [2.45, 2.75) is 32.0 Å². The second-order valence-corrected chi connectivity index (χ2v) is 4.35. The minimum Gasteiger partial charge on any atom is -0.508 e. The van der Waals surface area contributed by atoms with Gasteiger partial charge in [0.2, 0.25) is 0 Å². The van der Waals surface area contributed by atoms with E-state index in [0.717, 1.165) is 24.3 Å². The highest BCUT2D eigenvalue weighted by atomic mass is 16.5. The van der Waals surface area contributed by atoms with Gasteiger partial charge in [0.1, 0.15) is 11.5 Å². The number of rotatable bonds is 4. The molecule has 1 heterocycles. The van der Waals surface area contributed by atoms with Crippen molar-refractivity contribution in [2.24, 2.45) is 0 Å². The van der Waals surface area contributed by atoms with Crippen molar-refractivity contribution < 1.29 is 14.6 Å². The van der Waals surface area contributed by atoms with Crippen LogP contribution in [-0.2, 0) is 11.3 Å². The quantitative estimate of drug-likeness (QED) is 0.836. The minimum absolute atomic E-state index is 0.239. The third-order valence-electron chi connectivity index (χ3n) is 3.22. The zero-order valence-electron chi connectivity index (χ0n) is 10.3. The third kappa shape index (κ3) is 2.90. The average molecular weight is 237 g/mol. The molecule has 0 amide bonds. The van der Waals surface area contributed by atoms with Gasteiger partial charge in [-0.2, -0.15) is 0 Å². The molecule has 1 aromatic carbocycles. The fourth-order valence-electron chi connectivity index (χ4n) is 2.07. The maximum atomic E-state index is 9.74. The predicted molar refractivity (Wildman–Crippen MR) is 65.3 cm³/mol. The number of nitrogens with one attached hydrogen (secondary N) is 1. The third-order valence-corrected chi connectivity index (χ3v) is 3.22. The van der Waals surface area contributed by atoms with Crippen LogP contribution in [0, 0.1) is 0 Å². The highest BCUT2D eigenvalue weighted by molar-refractivity contribution is 5.39. The lowest BCUT2D eigenvalue weighted by molar-refractivity contribution is 0.113. The fraction of sp³-hybridized carbons (Fsp3) is 0.538. The van der Waals surface area contributed by atoms with E-state index >= 15 is 0 Å². The maximum Gasteiger partial charge on any atom is 0.120 e. The monoisotopic (exact) mass is 237 g/mol. The van der Waals surface area contributed by atoms with Gasteiger partial charge in [-0.3, -0.25) is 0 Å². The van der Waals surface area contributed by atoms with E-state index in [2.05, 4.69) is 12.2 Å². The summed E-state index contributed by atoms with van der Waals surface area (Å²) in [5.74, 6) is 1.06. The van der Waals surface area contributed by atoms with E-state index in [1.54, 1.807) is 19.2 Å². The van der Waals surface area contributed by atoms with Gasteiger partial charge >= 0.3 is 0 Å². The van der Waals surface area contributed by atoms with Crippen LogP contribution in [0.5, 0.6) is 11.5 Å². The van der Waals surface area contributed by atoms with Gasteiger partial charge in [-0.1, -0.05) is 0 Å². The van der Waals surface area contributed by atoms with Crippen molar-refractivity contribution in [3.05, 3.63) is 23.8 Å². The van der Waals surface area contributed by atoms with Crippen molar-refractivity contribution in [1.82, 2.24) is 5.32 Å². The molecule has 2 rings (SSSR count). The summed E-state index contributed by atoms with van der Waals surface area (Å²) in [6.45, 7) is 3.50. The largest absolute Gasteiger partial charge is 0.508 e. The van der Waals surface area contributed by atoms with Gasteiger partial charge in [0.15, 0.2) is 0 Å². The fourth-order valence-corrected chi connectivity index (χ4v) is 2.07. The van der Waals surface area contributed by atoms with Gasteiger partial charge in [0, 0.05) is 24.8 Å². The second kappa shape index (κ2) is 5.38. The average Bonchev–Trinajstić information content (AvgIpc) is 2.74. The molecule has 0 bridgehead atoms. The lowest BCUT2D eigenvalue weighted by atomic mass is 10.1. The summed E-state index contributed by atoms with van der Waals surface area (Å²) in [5, 5.41) is 13.1. The van der Waals surface area contributed by atoms with Crippen molar-refractivity contribution in [2.75, 3.05) is 13.7 Å². The molecule has 2 atom stereocenters. The highest BCUT2D eigenvalue weighted by Crippen LogP contribution is 2.23. The Hall–Kier alpha value is -1.26. The molecule has 1 aromatic rings. The summed E-state index contributed by atoms with van der Waals surface area (Å²) in [4.78, 5) is 0. The smallest absolute Gasteiger partial charge is 0.120 e. The van der Waals surface area contributed by atoms with Crippen LogP contribution in [-0.4, -0.2) is 31.0 Å². The Kier molecular flexibility index (Phi) is 3.86. The number of ether oxygens (including phenoxy) is 2. The molecule has 2 N–H and O–H groups in total. The number of aromatic hydroxyl groups is 1. The van der Waals surface area contributed by atoms with E-state index in [4.69, 9.17) is 9.47 Å². The second-order valence-electron chi connectivity index (χ2n) is 4.35. The summed E-state index contributed by atoms with van der Waals surface area (Å²) >= 11 is 0. The lowest BCUT2D eigenvalue weighted by Gasteiger charge is -2.16. The number of methoxy groups -OCH3 is 1. The zero-order valence-corrected chi connectivity index (χ0v) is 10.3. The first-order valence-electron chi connectivity index (χ1n) is 5.91. The molecule has 0 radical (unpaired) electrons. The predicted octanol–water partition coefficient (Wildman–Crippen LogP) is 1.67. The van der Waals surface area contributed by atoms with E-state index in [0.29, 0.717) is 18.3 Å². The number of benzene rings is 1. The SMILES string of the molecule is COc1ccc(O)c(CNC2CCOC2C)c1. The Morgan fingerprint density at radius 2 is 2.35 bits per heavy atom. The molecule has 1 aliphatic heterocycles. The van der Waals surface area contributed by atoms with Crippen LogP contribution < -0.4 is 10.1 Å². The van der Waals surface area contributed by atoms with Gasteiger partial charge < -0.3 is 19.9 Å². The van der Waals surface area contributed by atoms with Crippen molar-refractivity contribution >= 4 is 0 Å². The molecule has 0 saturated carbocycles. The standard InChI is InChI=1S/C13H19NO3/c1-9-12(5-6-17-9)14-8-10-7-11(16-2)3-4-13(10)15/h3-4,7,9,12,14-15H,5-6,8H2,1-2H3. The molecule has 0 spiro atoms. The number of hydrogen-bond acceptors (Lipinski definition) is 4. The number of hydrogen-bond donors (Lipinski definition) is 2. The van der Waals surface area contributed by atoms with Gasteiger partial charge in [0.05, 0.1) is 13.2 Å². The van der Waals surface area contributed by atoms with Gasteiger partial charge in [-0.15, -0.1) is 0 Å². The molecule has 1 aliphatic rings. The van der Waals surface area contributed by atoms with Crippen molar-refractivity contribution in [3.8, 4) is 11.5 Å². The van der Waals surface area contributed by atoms with Gasteiger partial charge in [-0.25, -0.2) is 0 Å². The van der Waals surface area contributed by atoms with E-state index in [1.807, 2.05) is 6.07 Å². The number of phenols is 1. The number of phenolic OH excluding ortho intramolecular Hbond substituents is 1.